The van der Waals surface area contributed by atoms with Gasteiger partial charge in [-0.3, -0.25) is 4.79 Å². The molecule has 0 aliphatic heterocycles. The van der Waals surface area contributed by atoms with Crippen molar-refractivity contribution in [3.63, 3.8) is 0 Å². The highest BCUT2D eigenvalue weighted by atomic mass is 35.5. The van der Waals surface area contributed by atoms with Gasteiger partial charge in [-0.05, 0) is 31.4 Å². The fraction of sp³-hybridized carbons (Fsp3) is 0.467. The van der Waals surface area contributed by atoms with Crippen molar-refractivity contribution in [2.45, 2.75) is 31.8 Å². The first-order chi connectivity index (χ1) is 10.1. The van der Waals surface area contributed by atoms with Crippen LogP contribution in [0.3, 0.4) is 0 Å². The molecule has 0 heterocycles. The Morgan fingerprint density at radius 3 is 2.43 bits per heavy atom. The van der Waals surface area contributed by atoms with Crippen molar-refractivity contribution in [2.75, 3.05) is 12.4 Å². The Labute approximate surface area is 129 Å². The molecule has 1 atom stereocenters. The SMILES string of the molecule is NCCCCC(C(=O)CCl)N(Cc1ccccc1)C(=O)[O-]. The molecule has 0 aliphatic carbocycles. The number of carboxylic acid groups (broad SMARTS) is 1. The highest BCUT2D eigenvalue weighted by Crippen LogP contribution is 2.15. The second-order valence-corrected chi connectivity index (χ2v) is 5.05. The first kappa shape index (κ1) is 17.5. The lowest BCUT2D eigenvalue weighted by atomic mass is 10.0. The zero-order chi connectivity index (χ0) is 15.7. The molecule has 0 aliphatic rings. The number of alkyl halides is 1. The standard InChI is InChI=1S/C15H21ClN2O3/c16-10-14(19)13(8-4-5-9-17)18(15(20)21)11-12-6-2-1-3-7-12/h1-3,6-7,13H,4-5,8-11,17H2,(H,20,21)/p-1. The minimum atomic E-state index is -1.37. The summed E-state index contributed by atoms with van der Waals surface area (Å²) in [6.07, 6.45) is 0.444. The van der Waals surface area contributed by atoms with Crippen molar-refractivity contribution in [3.8, 4) is 0 Å². The van der Waals surface area contributed by atoms with Crippen LogP contribution >= 0.6 is 11.6 Å². The molecule has 0 fully saturated rings. The summed E-state index contributed by atoms with van der Waals surface area (Å²) in [6, 6.07) is 8.30. The van der Waals surface area contributed by atoms with Gasteiger partial charge in [0.25, 0.3) is 0 Å². The molecule has 0 saturated carbocycles. The van der Waals surface area contributed by atoms with E-state index in [0.29, 0.717) is 19.4 Å². The van der Waals surface area contributed by atoms with E-state index < -0.39 is 12.1 Å². The number of rotatable bonds is 9. The van der Waals surface area contributed by atoms with Crippen LogP contribution in [0.25, 0.3) is 0 Å². The molecule has 0 aromatic heterocycles. The molecule has 2 N–H and O–H groups in total. The van der Waals surface area contributed by atoms with Crippen molar-refractivity contribution in [3.05, 3.63) is 35.9 Å². The van der Waals surface area contributed by atoms with Crippen LogP contribution in [0.5, 0.6) is 0 Å². The number of benzene rings is 1. The third-order valence-electron chi connectivity index (χ3n) is 3.24. The topological polar surface area (TPSA) is 86.5 Å². The molecule has 21 heavy (non-hydrogen) atoms. The summed E-state index contributed by atoms with van der Waals surface area (Å²) >= 11 is 5.60. The van der Waals surface area contributed by atoms with E-state index in [0.717, 1.165) is 16.9 Å². The average molecular weight is 312 g/mol. The molecule has 1 unspecified atom stereocenters. The van der Waals surface area contributed by atoms with Crippen molar-refractivity contribution in [2.24, 2.45) is 5.73 Å². The molecular weight excluding hydrogens is 292 g/mol. The number of nitrogens with zero attached hydrogens (tertiary/aromatic N) is 1. The molecule has 116 valence electrons. The number of nitrogens with two attached hydrogens (primary N) is 1. The third kappa shape index (κ3) is 5.73. The molecular formula is C15H20ClN2O3-. The first-order valence-electron chi connectivity index (χ1n) is 6.90. The maximum Gasteiger partial charge on any atom is 0.169 e. The van der Waals surface area contributed by atoms with Crippen molar-refractivity contribution in [1.82, 2.24) is 4.90 Å². The molecule has 1 rings (SSSR count). The highest BCUT2D eigenvalue weighted by Gasteiger charge is 2.24. The summed E-state index contributed by atoms with van der Waals surface area (Å²) in [7, 11) is 0. The number of carbonyl (C=O) groups excluding carboxylic acids is 2. The third-order valence-corrected chi connectivity index (χ3v) is 3.50. The van der Waals surface area contributed by atoms with E-state index in [-0.39, 0.29) is 18.2 Å². The Morgan fingerprint density at radius 2 is 1.90 bits per heavy atom. The van der Waals surface area contributed by atoms with E-state index in [2.05, 4.69) is 0 Å². The van der Waals surface area contributed by atoms with E-state index in [1.54, 1.807) is 12.1 Å². The molecule has 0 spiro atoms. The molecule has 0 radical (unpaired) electrons. The average Bonchev–Trinajstić information content (AvgIpc) is 2.50. The number of hydrogen-bond donors (Lipinski definition) is 1. The largest absolute Gasteiger partial charge is 0.530 e. The van der Waals surface area contributed by atoms with E-state index in [1.165, 1.54) is 0 Å². The van der Waals surface area contributed by atoms with Gasteiger partial charge in [-0.25, -0.2) is 0 Å². The van der Waals surface area contributed by atoms with Gasteiger partial charge in [0, 0.05) is 6.54 Å². The molecule has 5 nitrogen and oxygen atoms in total. The fourth-order valence-electron chi connectivity index (χ4n) is 2.14. The maximum atomic E-state index is 11.9. The Morgan fingerprint density at radius 1 is 1.24 bits per heavy atom. The lowest BCUT2D eigenvalue weighted by Gasteiger charge is -2.33. The van der Waals surface area contributed by atoms with Crippen molar-refractivity contribution >= 4 is 23.5 Å². The van der Waals surface area contributed by atoms with Crippen LogP contribution in [0.2, 0.25) is 0 Å². The highest BCUT2D eigenvalue weighted by molar-refractivity contribution is 6.28. The second kappa shape index (κ2) is 9.37. The van der Waals surface area contributed by atoms with Crippen LogP contribution in [0.1, 0.15) is 24.8 Å². The zero-order valence-electron chi connectivity index (χ0n) is 11.8. The predicted molar refractivity (Wildman–Crippen MR) is 79.8 cm³/mol. The fourth-order valence-corrected chi connectivity index (χ4v) is 2.32. The van der Waals surface area contributed by atoms with Gasteiger partial charge in [0.1, 0.15) is 6.09 Å². The number of amides is 1. The van der Waals surface area contributed by atoms with Crippen LogP contribution in [-0.4, -0.2) is 35.2 Å². The van der Waals surface area contributed by atoms with E-state index >= 15 is 0 Å². The van der Waals surface area contributed by atoms with Crippen LogP contribution in [-0.2, 0) is 11.3 Å². The van der Waals surface area contributed by atoms with E-state index in [4.69, 9.17) is 17.3 Å². The summed E-state index contributed by atoms with van der Waals surface area (Å²) in [5, 5.41) is 11.4. The summed E-state index contributed by atoms with van der Waals surface area (Å²) in [4.78, 5) is 24.4. The summed E-state index contributed by atoms with van der Waals surface area (Å²) in [6.45, 7) is 0.616. The van der Waals surface area contributed by atoms with Gasteiger partial charge in [0.2, 0.25) is 0 Å². The molecule has 1 amide bonds. The number of halogens is 1. The Kier molecular flexibility index (Phi) is 7.79. The molecule has 6 heteroatoms. The number of hydrogen-bond acceptors (Lipinski definition) is 4. The summed E-state index contributed by atoms with van der Waals surface area (Å²) < 4.78 is 0. The normalized spacial score (nSPS) is 11.9. The monoisotopic (exact) mass is 311 g/mol. The minimum Gasteiger partial charge on any atom is -0.530 e. The van der Waals surface area contributed by atoms with Gasteiger partial charge in [-0.1, -0.05) is 30.3 Å². The van der Waals surface area contributed by atoms with Gasteiger partial charge in [-0.15, -0.1) is 11.6 Å². The molecule has 1 aromatic rings. The maximum absolute atomic E-state index is 11.9. The van der Waals surface area contributed by atoms with Crippen LogP contribution < -0.4 is 10.8 Å². The summed E-state index contributed by atoms with van der Waals surface area (Å²) in [5.74, 6) is -0.528. The van der Waals surface area contributed by atoms with E-state index in [9.17, 15) is 14.7 Å². The van der Waals surface area contributed by atoms with Crippen LogP contribution in [0.15, 0.2) is 30.3 Å². The quantitative estimate of drug-likeness (QED) is 0.547. The number of ketones is 1. The van der Waals surface area contributed by atoms with Gasteiger partial charge in [0.15, 0.2) is 5.78 Å². The Hall–Kier alpha value is -1.59. The van der Waals surface area contributed by atoms with E-state index in [1.807, 2.05) is 18.2 Å². The number of Topliss-reactive ketones (excluding diaryl/α,β-unsaturated/α-hetero) is 1. The zero-order valence-corrected chi connectivity index (χ0v) is 12.6. The van der Waals surface area contributed by atoms with Crippen molar-refractivity contribution in [1.29, 1.82) is 0 Å². The molecule has 0 bridgehead atoms. The Bertz CT molecular complexity index is 453. The van der Waals surface area contributed by atoms with Gasteiger partial charge >= 0.3 is 0 Å². The smallest absolute Gasteiger partial charge is 0.169 e. The van der Waals surface area contributed by atoms with Gasteiger partial charge < -0.3 is 20.5 Å². The number of carbonyl (C=O) groups is 2. The molecule has 1 aromatic carbocycles. The van der Waals surface area contributed by atoms with Crippen LogP contribution in [0, 0.1) is 0 Å². The van der Waals surface area contributed by atoms with Gasteiger partial charge in [-0.2, -0.15) is 0 Å². The number of unbranched alkanes of at least 4 members (excludes halogenated alkanes) is 1. The predicted octanol–water partition coefficient (Wildman–Crippen LogP) is 1.14. The first-order valence-corrected chi connectivity index (χ1v) is 7.44. The lowest BCUT2D eigenvalue weighted by Crippen LogP contribution is -2.50. The minimum absolute atomic E-state index is 0.110. The van der Waals surface area contributed by atoms with Crippen LogP contribution in [0.4, 0.5) is 4.79 Å². The van der Waals surface area contributed by atoms with Crippen molar-refractivity contribution < 1.29 is 14.7 Å². The Balaban J connectivity index is 2.85. The second-order valence-electron chi connectivity index (χ2n) is 4.78. The summed E-state index contributed by atoms with van der Waals surface area (Å²) in [5.41, 5.74) is 6.23. The van der Waals surface area contributed by atoms with Gasteiger partial charge in [0.05, 0.1) is 11.9 Å². The molecule has 0 saturated heterocycles. The lowest BCUT2D eigenvalue weighted by molar-refractivity contribution is -0.268.